The summed E-state index contributed by atoms with van der Waals surface area (Å²) in [6, 6.07) is 0. The zero-order valence-corrected chi connectivity index (χ0v) is 15.0. The van der Waals surface area contributed by atoms with Crippen molar-refractivity contribution in [2.75, 3.05) is 0 Å². The molecule has 0 heterocycles. The Labute approximate surface area is 132 Å². The largest absolute Gasteiger partial charge is 0.392 e. The van der Waals surface area contributed by atoms with Crippen LogP contribution in [0.1, 0.15) is 86.5 Å². The molecule has 0 aromatic rings. The Morgan fingerprint density at radius 3 is 1.95 bits per heavy atom. The Bertz CT molecular complexity index is 297. The van der Waals surface area contributed by atoms with Gasteiger partial charge in [-0.2, -0.15) is 0 Å². The van der Waals surface area contributed by atoms with Crippen molar-refractivity contribution in [3.8, 4) is 12.3 Å². The van der Waals surface area contributed by atoms with E-state index in [2.05, 4.69) is 33.6 Å². The van der Waals surface area contributed by atoms with E-state index in [-0.39, 0.29) is 16.9 Å². The molecule has 0 saturated heterocycles. The highest BCUT2D eigenvalue weighted by Crippen LogP contribution is 2.29. The lowest BCUT2D eigenvalue weighted by molar-refractivity contribution is -0.115. The fourth-order valence-electron chi connectivity index (χ4n) is 1.88. The summed E-state index contributed by atoms with van der Waals surface area (Å²) in [4.78, 5) is 10.3. The number of terminal acetylenes is 1. The van der Waals surface area contributed by atoms with Crippen molar-refractivity contribution < 1.29 is 9.90 Å². The molecule has 0 saturated carbocycles. The third-order valence-corrected chi connectivity index (χ3v) is 3.88. The standard InChI is InChI=1S/C11H20O.C8H16O/c1-5-7-9-11(3,4)10(12)8-6-2;1-4-5-6-8(2,3)7-9/h2,10,12H,5,7-9H2,1,3-4H3;7H,4-6H2,1-3H3. The summed E-state index contributed by atoms with van der Waals surface area (Å²) in [7, 11) is 0. The number of aldehydes is 1. The molecule has 0 aromatic heterocycles. The van der Waals surface area contributed by atoms with Gasteiger partial charge in [0.25, 0.3) is 0 Å². The summed E-state index contributed by atoms with van der Waals surface area (Å²) in [5.74, 6) is 2.50. The van der Waals surface area contributed by atoms with Crippen LogP contribution in [0.3, 0.4) is 0 Å². The van der Waals surface area contributed by atoms with Crippen LogP contribution >= 0.6 is 0 Å². The summed E-state index contributed by atoms with van der Waals surface area (Å²) < 4.78 is 0. The van der Waals surface area contributed by atoms with E-state index in [9.17, 15) is 9.90 Å². The van der Waals surface area contributed by atoms with Gasteiger partial charge >= 0.3 is 0 Å². The van der Waals surface area contributed by atoms with E-state index in [4.69, 9.17) is 6.42 Å². The van der Waals surface area contributed by atoms with Crippen molar-refractivity contribution in [2.45, 2.75) is 92.6 Å². The second kappa shape index (κ2) is 11.8. The third kappa shape index (κ3) is 12.6. The van der Waals surface area contributed by atoms with Crippen LogP contribution in [0.15, 0.2) is 0 Å². The first-order valence-electron chi connectivity index (χ1n) is 8.24. The zero-order valence-electron chi connectivity index (χ0n) is 15.0. The first-order valence-corrected chi connectivity index (χ1v) is 8.24. The van der Waals surface area contributed by atoms with Crippen molar-refractivity contribution in [3.63, 3.8) is 0 Å². The Hall–Kier alpha value is -0.810. The maximum atomic E-state index is 10.3. The summed E-state index contributed by atoms with van der Waals surface area (Å²) in [5, 5.41) is 9.66. The van der Waals surface area contributed by atoms with E-state index in [0.29, 0.717) is 6.42 Å². The lowest BCUT2D eigenvalue weighted by atomic mass is 9.80. The van der Waals surface area contributed by atoms with Crippen LogP contribution in [0.2, 0.25) is 0 Å². The van der Waals surface area contributed by atoms with Crippen LogP contribution in [-0.2, 0) is 4.79 Å². The van der Waals surface area contributed by atoms with Gasteiger partial charge in [-0.1, -0.05) is 67.2 Å². The Morgan fingerprint density at radius 2 is 1.57 bits per heavy atom. The minimum absolute atomic E-state index is 0.0254. The number of rotatable bonds is 9. The number of hydrogen-bond donors (Lipinski definition) is 1. The summed E-state index contributed by atoms with van der Waals surface area (Å²) in [5.41, 5.74) is -0.113. The van der Waals surface area contributed by atoms with Crippen LogP contribution < -0.4 is 0 Å². The lowest BCUT2D eigenvalue weighted by Crippen LogP contribution is -2.28. The number of unbranched alkanes of at least 4 members (excludes halogenated alkanes) is 2. The average Bonchev–Trinajstić information content (AvgIpc) is 2.44. The minimum atomic E-state index is -0.353. The summed E-state index contributed by atoms with van der Waals surface area (Å²) in [6.45, 7) is 12.4. The van der Waals surface area contributed by atoms with Crippen LogP contribution in [0.5, 0.6) is 0 Å². The highest BCUT2D eigenvalue weighted by molar-refractivity contribution is 5.57. The summed E-state index contributed by atoms with van der Waals surface area (Å²) in [6.07, 6.45) is 13.0. The van der Waals surface area contributed by atoms with E-state index in [1.807, 2.05) is 13.8 Å². The van der Waals surface area contributed by atoms with Gasteiger partial charge in [-0.05, 0) is 18.3 Å². The molecule has 0 fully saturated rings. The van der Waals surface area contributed by atoms with Gasteiger partial charge in [-0.15, -0.1) is 12.3 Å². The lowest BCUT2D eigenvalue weighted by Gasteiger charge is -2.29. The highest BCUT2D eigenvalue weighted by Gasteiger charge is 2.25. The first-order chi connectivity index (χ1) is 9.66. The number of carbonyl (C=O) groups is 1. The molecule has 1 atom stereocenters. The summed E-state index contributed by atoms with van der Waals surface area (Å²) >= 11 is 0. The molecule has 0 aliphatic rings. The number of hydrogen-bond acceptors (Lipinski definition) is 2. The molecule has 1 unspecified atom stereocenters. The zero-order chi connectivity index (χ0) is 16.9. The van der Waals surface area contributed by atoms with Gasteiger partial charge in [0.15, 0.2) is 0 Å². The average molecular weight is 296 g/mol. The Kier molecular flexibility index (Phi) is 12.6. The third-order valence-electron chi connectivity index (χ3n) is 3.88. The molecule has 21 heavy (non-hydrogen) atoms. The van der Waals surface area contributed by atoms with E-state index in [1.165, 1.54) is 12.8 Å². The molecule has 0 amide bonds. The van der Waals surface area contributed by atoms with Crippen LogP contribution in [0, 0.1) is 23.2 Å². The van der Waals surface area contributed by atoms with Gasteiger partial charge in [-0.3, -0.25) is 0 Å². The van der Waals surface area contributed by atoms with E-state index in [1.54, 1.807) is 0 Å². The molecule has 2 heteroatoms. The normalized spacial score (nSPS) is 12.9. The molecule has 0 radical (unpaired) electrons. The molecule has 0 rings (SSSR count). The molecule has 0 aliphatic heterocycles. The Balaban J connectivity index is 0. The SMILES string of the molecule is C#CCC(O)C(C)(C)CCCC.CCCCC(C)(C)C=O. The number of carbonyl (C=O) groups excluding carboxylic acids is 1. The van der Waals surface area contributed by atoms with Crippen LogP contribution in [0.25, 0.3) is 0 Å². The molecule has 2 nitrogen and oxygen atoms in total. The van der Waals surface area contributed by atoms with E-state index >= 15 is 0 Å². The quantitative estimate of drug-likeness (QED) is 0.481. The van der Waals surface area contributed by atoms with Crippen molar-refractivity contribution in [2.24, 2.45) is 10.8 Å². The molecule has 0 aromatic carbocycles. The predicted molar refractivity (Wildman–Crippen MR) is 92.1 cm³/mol. The molecular formula is C19H36O2. The fourth-order valence-corrected chi connectivity index (χ4v) is 1.88. The van der Waals surface area contributed by atoms with E-state index in [0.717, 1.165) is 32.0 Å². The smallest absolute Gasteiger partial charge is 0.125 e. The maximum Gasteiger partial charge on any atom is 0.125 e. The molecule has 0 aliphatic carbocycles. The van der Waals surface area contributed by atoms with Crippen molar-refractivity contribution >= 4 is 6.29 Å². The second-order valence-electron chi connectivity index (χ2n) is 7.23. The van der Waals surface area contributed by atoms with Crippen LogP contribution in [-0.4, -0.2) is 17.5 Å². The monoisotopic (exact) mass is 296 g/mol. The van der Waals surface area contributed by atoms with Gasteiger partial charge in [0.05, 0.1) is 6.10 Å². The second-order valence-corrected chi connectivity index (χ2v) is 7.23. The first kappa shape index (κ1) is 22.5. The predicted octanol–water partition coefficient (Wildman–Crippen LogP) is 4.99. The molecule has 0 spiro atoms. The number of aliphatic hydroxyl groups is 1. The fraction of sp³-hybridized carbons (Fsp3) is 0.842. The van der Waals surface area contributed by atoms with Crippen molar-refractivity contribution in [3.05, 3.63) is 0 Å². The van der Waals surface area contributed by atoms with Crippen molar-refractivity contribution in [1.82, 2.24) is 0 Å². The molecule has 1 N–H and O–H groups in total. The maximum absolute atomic E-state index is 10.3. The molecule has 0 bridgehead atoms. The van der Waals surface area contributed by atoms with Gasteiger partial charge in [0, 0.05) is 11.8 Å². The molecular weight excluding hydrogens is 260 g/mol. The van der Waals surface area contributed by atoms with Gasteiger partial charge in [0.1, 0.15) is 6.29 Å². The van der Waals surface area contributed by atoms with Gasteiger partial charge in [0.2, 0.25) is 0 Å². The minimum Gasteiger partial charge on any atom is -0.392 e. The van der Waals surface area contributed by atoms with Gasteiger partial charge < -0.3 is 9.90 Å². The van der Waals surface area contributed by atoms with Crippen molar-refractivity contribution in [1.29, 1.82) is 0 Å². The van der Waals surface area contributed by atoms with E-state index < -0.39 is 0 Å². The Morgan fingerprint density at radius 1 is 1.10 bits per heavy atom. The van der Waals surface area contributed by atoms with Crippen LogP contribution in [0.4, 0.5) is 0 Å². The topological polar surface area (TPSA) is 37.3 Å². The highest BCUT2D eigenvalue weighted by atomic mass is 16.3. The van der Waals surface area contributed by atoms with Gasteiger partial charge in [-0.25, -0.2) is 0 Å². The molecule has 124 valence electrons. The number of aliphatic hydroxyl groups excluding tert-OH is 1.